The second-order valence-corrected chi connectivity index (χ2v) is 9.50. The molecule has 0 aromatic heterocycles. The number of ether oxygens (including phenoxy) is 1. The number of nitrogens with one attached hydrogen (secondary N) is 1. The van der Waals surface area contributed by atoms with Gasteiger partial charge in [-0.1, -0.05) is 42.3 Å². The topological polar surface area (TPSA) is 48.1 Å². The van der Waals surface area contributed by atoms with Gasteiger partial charge in [0.05, 0.1) is 22.3 Å². The molecule has 2 aliphatic heterocycles. The van der Waals surface area contributed by atoms with E-state index in [2.05, 4.69) is 5.32 Å². The predicted molar refractivity (Wildman–Crippen MR) is 126 cm³/mol. The number of epoxide rings is 1. The van der Waals surface area contributed by atoms with Crippen LogP contribution in [-0.2, 0) is 28.7 Å². The molecule has 0 spiro atoms. The zero-order valence-corrected chi connectivity index (χ0v) is 20.3. The van der Waals surface area contributed by atoms with Gasteiger partial charge in [0.15, 0.2) is 12.5 Å². The lowest BCUT2D eigenvalue weighted by molar-refractivity contribution is -0.137. The Morgan fingerprint density at radius 1 is 1.24 bits per heavy atom. The minimum atomic E-state index is -4.47. The number of amides is 1. The summed E-state index contributed by atoms with van der Waals surface area (Å²) in [4.78, 5) is 16.9. The van der Waals surface area contributed by atoms with Gasteiger partial charge in [0.25, 0.3) is 0 Å². The first kappa shape index (κ1) is 25.1. The van der Waals surface area contributed by atoms with Crippen molar-refractivity contribution in [1.82, 2.24) is 9.80 Å². The number of anilines is 1. The number of alkyl halides is 3. The summed E-state index contributed by atoms with van der Waals surface area (Å²) >= 11 is 12.1. The van der Waals surface area contributed by atoms with Crippen LogP contribution in [-0.4, -0.2) is 47.8 Å². The fourth-order valence-electron chi connectivity index (χ4n) is 4.43. The third-order valence-electron chi connectivity index (χ3n) is 6.25. The fraction of sp³-hybridized carbons (Fsp3) is 0.458. The lowest BCUT2D eigenvalue weighted by Crippen LogP contribution is -2.45. The Hall–Kier alpha value is -2.00. The minimum Gasteiger partial charge on any atom is -0.355 e. The van der Waals surface area contributed by atoms with Gasteiger partial charge >= 0.3 is 6.18 Å². The van der Waals surface area contributed by atoms with Crippen molar-refractivity contribution < 1.29 is 22.7 Å². The lowest BCUT2D eigenvalue weighted by atomic mass is 10.1. The van der Waals surface area contributed by atoms with E-state index in [9.17, 15) is 18.0 Å². The summed E-state index contributed by atoms with van der Waals surface area (Å²) in [6.07, 6.45) is -3.30. The number of carbonyl (C=O) groups is 1. The van der Waals surface area contributed by atoms with Gasteiger partial charge in [-0.15, -0.1) is 0 Å². The molecule has 5 nitrogen and oxygen atoms in total. The van der Waals surface area contributed by atoms with Crippen molar-refractivity contribution in [3.05, 3.63) is 63.1 Å². The molecule has 2 aromatic rings. The monoisotopic (exact) mass is 515 g/mol. The van der Waals surface area contributed by atoms with Gasteiger partial charge in [-0.05, 0) is 54.7 Å². The maximum Gasteiger partial charge on any atom is 0.416 e. The average molecular weight is 516 g/mol. The van der Waals surface area contributed by atoms with Crippen molar-refractivity contribution in [3.63, 3.8) is 0 Å². The molecule has 0 saturated carbocycles. The highest BCUT2D eigenvalue weighted by Gasteiger charge is 2.50. The molecule has 2 aliphatic rings. The zero-order chi connectivity index (χ0) is 24.6. The summed E-state index contributed by atoms with van der Waals surface area (Å²) in [5.74, 6) is 0.00325. The Labute approximate surface area is 206 Å². The molecule has 1 amide bonds. The highest BCUT2D eigenvalue weighted by molar-refractivity contribution is 6.33. The van der Waals surface area contributed by atoms with Crippen LogP contribution in [0.5, 0.6) is 0 Å². The zero-order valence-electron chi connectivity index (χ0n) is 18.8. The smallest absolute Gasteiger partial charge is 0.355 e. The molecule has 1 N–H and O–H groups in total. The van der Waals surface area contributed by atoms with Crippen molar-refractivity contribution in [2.45, 2.75) is 57.4 Å². The van der Waals surface area contributed by atoms with Crippen molar-refractivity contribution in [2.24, 2.45) is 0 Å². The summed E-state index contributed by atoms with van der Waals surface area (Å²) in [5, 5.41) is 3.78. The highest BCUT2D eigenvalue weighted by Crippen LogP contribution is 2.40. The third kappa shape index (κ3) is 5.46. The van der Waals surface area contributed by atoms with Gasteiger partial charge in [-0.3, -0.25) is 9.69 Å². The summed E-state index contributed by atoms with van der Waals surface area (Å²) in [7, 11) is 1.77. The molecule has 2 aromatic carbocycles. The summed E-state index contributed by atoms with van der Waals surface area (Å²) in [5.41, 5.74) is 1.11. The first-order chi connectivity index (χ1) is 16.1. The molecular formula is C24H26Cl2F3N3O2. The number of halogens is 5. The molecule has 0 aliphatic carbocycles. The number of benzene rings is 2. The van der Waals surface area contributed by atoms with Gasteiger partial charge in [-0.2, -0.15) is 13.2 Å². The number of rotatable bonds is 7. The number of nitrogens with zero attached hydrogens (tertiary/aromatic N) is 2. The van der Waals surface area contributed by atoms with Crippen molar-refractivity contribution >= 4 is 34.8 Å². The van der Waals surface area contributed by atoms with Crippen LogP contribution in [0.25, 0.3) is 0 Å². The second-order valence-electron chi connectivity index (χ2n) is 8.65. The Kier molecular flexibility index (Phi) is 7.33. The summed E-state index contributed by atoms with van der Waals surface area (Å²) < 4.78 is 45.2. The van der Waals surface area contributed by atoms with E-state index < -0.39 is 18.0 Å². The Bertz CT molecular complexity index is 1050. The van der Waals surface area contributed by atoms with Gasteiger partial charge in [0, 0.05) is 25.2 Å². The normalized spacial score (nSPS) is 22.6. The molecule has 2 saturated heterocycles. The van der Waals surface area contributed by atoms with Crippen molar-refractivity contribution in [1.29, 1.82) is 0 Å². The fourth-order valence-corrected chi connectivity index (χ4v) is 4.85. The number of likely N-dealkylation sites (tertiary alicyclic amines) is 1. The largest absolute Gasteiger partial charge is 0.416 e. The van der Waals surface area contributed by atoms with Gasteiger partial charge in [0.2, 0.25) is 5.91 Å². The van der Waals surface area contributed by atoms with Crippen LogP contribution in [0.2, 0.25) is 10.0 Å². The van der Waals surface area contributed by atoms with E-state index in [4.69, 9.17) is 27.9 Å². The second kappa shape index (κ2) is 9.93. The van der Waals surface area contributed by atoms with E-state index in [1.807, 2.05) is 17.0 Å². The van der Waals surface area contributed by atoms with E-state index >= 15 is 0 Å². The Balaban J connectivity index is 1.41. The van der Waals surface area contributed by atoms with Crippen LogP contribution in [0, 0.1) is 0 Å². The molecule has 0 bridgehead atoms. The first-order valence-corrected chi connectivity index (χ1v) is 11.9. The standard InChI is InChI=1S/C24H26Cl2F3N3O2/c1-3-15-11-16(24(27,28)29)12-18(26)20(15)30-21-23(34-21)32-10-4-5-19(32)22(33)31(2)13-14-6-8-17(25)9-7-14/h6-9,11-12,19,21,23,30H,3-5,10,13H2,1-2H3/t19-,21?,23?/m1/s1. The third-order valence-corrected chi connectivity index (χ3v) is 6.80. The van der Waals surface area contributed by atoms with E-state index in [1.54, 1.807) is 31.0 Å². The van der Waals surface area contributed by atoms with Gasteiger partial charge < -0.3 is 15.0 Å². The lowest BCUT2D eigenvalue weighted by Gasteiger charge is -2.27. The molecule has 4 rings (SSSR count). The molecule has 2 fully saturated rings. The number of likely N-dealkylation sites (N-methyl/N-ethyl adjacent to an activating group) is 1. The highest BCUT2D eigenvalue weighted by atomic mass is 35.5. The first-order valence-electron chi connectivity index (χ1n) is 11.1. The van der Waals surface area contributed by atoms with Crippen molar-refractivity contribution in [3.8, 4) is 0 Å². The van der Waals surface area contributed by atoms with Crippen LogP contribution in [0.1, 0.15) is 36.5 Å². The van der Waals surface area contributed by atoms with E-state index in [0.29, 0.717) is 35.8 Å². The van der Waals surface area contributed by atoms with Gasteiger partial charge in [-0.25, -0.2) is 0 Å². The summed E-state index contributed by atoms with van der Waals surface area (Å²) in [6.45, 7) is 2.94. The quantitative estimate of drug-likeness (QED) is 0.474. The van der Waals surface area contributed by atoms with Crippen LogP contribution >= 0.6 is 23.2 Å². The molecule has 184 valence electrons. The molecular weight excluding hydrogens is 490 g/mol. The van der Waals surface area contributed by atoms with Crippen LogP contribution in [0.15, 0.2) is 36.4 Å². The van der Waals surface area contributed by atoms with Crippen LogP contribution < -0.4 is 5.32 Å². The average Bonchev–Trinajstić information content (AvgIpc) is 3.37. The number of hydrogen-bond acceptors (Lipinski definition) is 4. The van der Waals surface area contributed by atoms with Crippen LogP contribution in [0.4, 0.5) is 18.9 Å². The van der Waals surface area contributed by atoms with Gasteiger partial charge in [0.1, 0.15) is 0 Å². The molecule has 3 atom stereocenters. The van der Waals surface area contributed by atoms with E-state index in [-0.39, 0.29) is 23.2 Å². The van der Waals surface area contributed by atoms with E-state index in [0.717, 1.165) is 30.5 Å². The molecule has 2 heterocycles. The Morgan fingerprint density at radius 2 is 1.94 bits per heavy atom. The SMILES string of the molecule is CCc1cc(C(F)(F)F)cc(Cl)c1NC1OC1N1CCC[C@@H]1C(=O)N(C)Cc1ccc(Cl)cc1. The predicted octanol–water partition coefficient (Wildman–Crippen LogP) is 5.79. The minimum absolute atomic E-state index is 0.00216. The molecule has 2 unspecified atom stereocenters. The Morgan fingerprint density at radius 3 is 2.59 bits per heavy atom. The van der Waals surface area contributed by atoms with Crippen LogP contribution in [0.3, 0.4) is 0 Å². The molecule has 10 heteroatoms. The summed E-state index contributed by atoms with van der Waals surface area (Å²) in [6, 6.07) is 9.09. The number of carbonyl (C=O) groups excluding carboxylic acids is 1. The maximum absolute atomic E-state index is 13.2. The van der Waals surface area contributed by atoms with Crippen molar-refractivity contribution in [2.75, 3.05) is 18.9 Å². The van der Waals surface area contributed by atoms with E-state index in [1.165, 1.54) is 0 Å². The maximum atomic E-state index is 13.2. The molecule has 0 radical (unpaired) electrons. The number of hydrogen-bond donors (Lipinski definition) is 1. The molecule has 34 heavy (non-hydrogen) atoms. The number of aryl methyl sites for hydroxylation is 1.